The average Bonchev–Trinajstić information content (AvgIpc) is 2.09. The second-order valence-electron chi connectivity index (χ2n) is 3.25. The van der Waals surface area contributed by atoms with Crippen LogP contribution in [0.3, 0.4) is 0 Å². The molecule has 0 aromatic rings. The molecule has 1 nitrogen and oxygen atoms in total. The third kappa shape index (κ3) is 2.57. The van der Waals surface area contributed by atoms with Crippen LogP contribution in [0.5, 0.6) is 0 Å². The highest BCUT2D eigenvalue weighted by Crippen LogP contribution is 2.10. The first-order chi connectivity index (χ1) is 5.72. The number of allylic oxidation sites excluding steroid dienone is 3. The Balaban J connectivity index is 2.38. The maximum Gasteiger partial charge on any atom is 0.0479 e. The third-order valence-electron chi connectivity index (χ3n) is 2.10. The van der Waals surface area contributed by atoms with Gasteiger partial charge in [0.05, 0.1) is 0 Å². The first-order valence-corrected chi connectivity index (χ1v) is 4.51. The molecular formula is C11H17N. The zero-order valence-electron chi connectivity index (χ0n) is 7.93. The average molecular weight is 163 g/mol. The maximum atomic E-state index is 3.92. The molecule has 1 aliphatic rings. The fourth-order valence-corrected chi connectivity index (χ4v) is 1.20. The summed E-state index contributed by atoms with van der Waals surface area (Å²) < 4.78 is 0. The normalized spacial score (nSPS) is 21.8. The maximum absolute atomic E-state index is 3.92. The van der Waals surface area contributed by atoms with Gasteiger partial charge in [-0.05, 0) is 19.8 Å². The number of nitrogens with one attached hydrogen (secondary N) is 1. The zero-order chi connectivity index (χ0) is 8.97. The molecule has 0 aliphatic heterocycles. The molecule has 1 rings (SSSR count). The molecule has 0 aromatic carbocycles. The van der Waals surface area contributed by atoms with Crippen LogP contribution in [0, 0.1) is 0 Å². The van der Waals surface area contributed by atoms with Crippen molar-refractivity contribution in [3.05, 3.63) is 36.1 Å². The van der Waals surface area contributed by atoms with Crippen molar-refractivity contribution in [2.24, 2.45) is 0 Å². The predicted octanol–water partition coefficient (Wildman–Crippen LogP) is 2.77. The molecular weight excluding hydrogens is 146 g/mol. The van der Waals surface area contributed by atoms with E-state index < -0.39 is 0 Å². The van der Waals surface area contributed by atoms with Crippen LogP contribution in [-0.2, 0) is 0 Å². The standard InChI is InChI=1S/C11H17N/c1-4-10(3)12-11-7-5-9(2)6-8-11/h5-7,11-12H,3-4,8H2,1-2H3. The van der Waals surface area contributed by atoms with Crippen molar-refractivity contribution in [1.82, 2.24) is 5.32 Å². The molecule has 1 aliphatic carbocycles. The van der Waals surface area contributed by atoms with Crippen LogP contribution >= 0.6 is 0 Å². The molecule has 0 amide bonds. The van der Waals surface area contributed by atoms with Gasteiger partial charge in [-0.25, -0.2) is 0 Å². The van der Waals surface area contributed by atoms with E-state index in [4.69, 9.17) is 0 Å². The Bertz CT molecular complexity index is 223. The van der Waals surface area contributed by atoms with Crippen LogP contribution in [0.25, 0.3) is 0 Å². The summed E-state index contributed by atoms with van der Waals surface area (Å²) in [4.78, 5) is 0. The largest absolute Gasteiger partial charge is 0.382 e. The molecule has 0 saturated heterocycles. The van der Waals surface area contributed by atoms with E-state index >= 15 is 0 Å². The van der Waals surface area contributed by atoms with Crippen LogP contribution in [-0.4, -0.2) is 6.04 Å². The lowest BCUT2D eigenvalue weighted by Gasteiger charge is -2.18. The minimum atomic E-state index is 0.459. The van der Waals surface area contributed by atoms with E-state index in [1.807, 2.05) is 0 Å². The Labute approximate surface area is 74.9 Å². The van der Waals surface area contributed by atoms with Crippen molar-refractivity contribution < 1.29 is 0 Å². The molecule has 1 atom stereocenters. The molecule has 12 heavy (non-hydrogen) atoms. The molecule has 1 unspecified atom stereocenters. The van der Waals surface area contributed by atoms with Gasteiger partial charge in [0.25, 0.3) is 0 Å². The Morgan fingerprint density at radius 2 is 2.50 bits per heavy atom. The van der Waals surface area contributed by atoms with Gasteiger partial charge in [-0.2, -0.15) is 0 Å². The van der Waals surface area contributed by atoms with Gasteiger partial charge in [-0.1, -0.05) is 37.3 Å². The molecule has 0 bridgehead atoms. The second kappa shape index (κ2) is 4.15. The minimum Gasteiger partial charge on any atom is -0.382 e. The van der Waals surface area contributed by atoms with Crippen molar-refractivity contribution in [1.29, 1.82) is 0 Å². The lowest BCUT2D eigenvalue weighted by molar-refractivity contribution is 0.654. The molecule has 0 saturated carbocycles. The summed E-state index contributed by atoms with van der Waals surface area (Å²) in [5, 5.41) is 3.36. The summed E-state index contributed by atoms with van der Waals surface area (Å²) >= 11 is 0. The highest BCUT2D eigenvalue weighted by Gasteiger charge is 2.05. The molecule has 0 fully saturated rings. The van der Waals surface area contributed by atoms with E-state index in [2.05, 4.69) is 44.0 Å². The summed E-state index contributed by atoms with van der Waals surface area (Å²) in [6.07, 6.45) is 8.70. The smallest absolute Gasteiger partial charge is 0.0479 e. The van der Waals surface area contributed by atoms with Crippen molar-refractivity contribution >= 4 is 0 Å². The van der Waals surface area contributed by atoms with E-state index in [1.165, 1.54) is 5.57 Å². The van der Waals surface area contributed by atoms with Crippen LogP contribution < -0.4 is 5.32 Å². The van der Waals surface area contributed by atoms with Gasteiger partial charge in [0.15, 0.2) is 0 Å². The van der Waals surface area contributed by atoms with Gasteiger partial charge in [-0.3, -0.25) is 0 Å². The van der Waals surface area contributed by atoms with E-state index in [9.17, 15) is 0 Å². The third-order valence-corrected chi connectivity index (χ3v) is 2.10. The van der Waals surface area contributed by atoms with Crippen LogP contribution in [0.1, 0.15) is 26.7 Å². The summed E-state index contributed by atoms with van der Waals surface area (Å²) in [5.74, 6) is 0. The van der Waals surface area contributed by atoms with Crippen molar-refractivity contribution in [3.63, 3.8) is 0 Å². The number of hydrogen-bond acceptors (Lipinski definition) is 1. The summed E-state index contributed by atoms with van der Waals surface area (Å²) in [5.41, 5.74) is 2.48. The first kappa shape index (κ1) is 9.11. The Kier molecular flexibility index (Phi) is 3.15. The van der Waals surface area contributed by atoms with E-state index in [0.717, 1.165) is 18.5 Å². The summed E-state index contributed by atoms with van der Waals surface area (Å²) in [6.45, 7) is 8.16. The van der Waals surface area contributed by atoms with Crippen LogP contribution in [0.4, 0.5) is 0 Å². The highest BCUT2D eigenvalue weighted by atomic mass is 14.9. The van der Waals surface area contributed by atoms with Gasteiger partial charge in [-0.15, -0.1) is 0 Å². The first-order valence-electron chi connectivity index (χ1n) is 4.51. The van der Waals surface area contributed by atoms with E-state index in [1.54, 1.807) is 0 Å². The van der Waals surface area contributed by atoms with E-state index in [0.29, 0.717) is 6.04 Å². The van der Waals surface area contributed by atoms with Crippen molar-refractivity contribution in [3.8, 4) is 0 Å². The lowest BCUT2D eigenvalue weighted by Crippen LogP contribution is -2.26. The molecule has 66 valence electrons. The lowest BCUT2D eigenvalue weighted by atomic mass is 10.0. The Morgan fingerprint density at radius 3 is 3.00 bits per heavy atom. The van der Waals surface area contributed by atoms with Crippen LogP contribution in [0.2, 0.25) is 0 Å². The van der Waals surface area contributed by atoms with Gasteiger partial charge in [0, 0.05) is 11.7 Å². The molecule has 0 heterocycles. The topological polar surface area (TPSA) is 12.0 Å². The van der Waals surface area contributed by atoms with Crippen molar-refractivity contribution in [2.45, 2.75) is 32.7 Å². The predicted molar refractivity (Wildman–Crippen MR) is 53.9 cm³/mol. The molecule has 0 spiro atoms. The highest BCUT2D eigenvalue weighted by molar-refractivity contribution is 5.23. The van der Waals surface area contributed by atoms with Gasteiger partial charge in [0.1, 0.15) is 0 Å². The fraction of sp³-hybridized carbons (Fsp3) is 0.455. The molecule has 0 aromatic heterocycles. The molecule has 0 radical (unpaired) electrons. The summed E-state index contributed by atoms with van der Waals surface area (Å²) in [6, 6.07) is 0.459. The minimum absolute atomic E-state index is 0.459. The Morgan fingerprint density at radius 1 is 1.75 bits per heavy atom. The quantitative estimate of drug-likeness (QED) is 0.674. The zero-order valence-corrected chi connectivity index (χ0v) is 7.93. The summed E-state index contributed by atoms with van der Waals surface area (Å²) in [7, 11) is 0. The van der Waals surface area contributed by atoms with E-state index in [-0.39, 0.29) is 0 Å². The van der Waals surface area contributed by atoms with Gasteiger partial charge >= 0.3 is 0 Å². The van der Waals surface area contributed by atoms with Gasteiger partial charge in [0.2, 0.25) is 0 Å². The molecule has 1 N–H and O–H groups in total. The SMILES string of the molecule is C=C(CC)NC1C=CC(C)=CC1. The van der Waals surface area contributed by atoms with Gasteiger partial charge < -0.3 is 5.32 Å². The Hall–Kier alpha value is -0.980. The second-order valence-corrected chi connectivity index (χ2v) is 3.25. The number of hydrogen-bond donors (Lipinski definition) is 1. The fourth-order valence-electron chi connectivity index (χ4n) is 1.20. The van der Waals surface area contributed by atoms with Crippen LogP contribution in [0.15, 0.2) is 36.1 Å². The number of rotatable bonds is 3. The van der Waals surface area contributed by atoms with Crippen molar-refractivity contribution in [2.75, 3.05) is 0 Å². The monoisotopic (exact) mass is 163 g/mol. The molecule has 1 heteroatoms.